The predicted octanol–water partition coefficient (Wildman–Crippen LogP) is 0.962. The molecule has 1 aliphatic heterocycles. The molecule has 2 heterocycles. The van der Waals surface area contributed by atoms with Crippen LogP contribution in [0.25, 0.3) is 0 Å². The van der Waals surface area contributed by atoms with Gasteiger partial charge in [-0.1, -0.05) is 0 Å². The summed E-state index contributed by atoms with van der Waals surface area (Å²) in [4.78, 5) is 28.9. The second-order valence-electron chi connectivity index (χ2n) is 4.15. The van der Waals surface area contributed by atoms with Crippen molar-refractivity contribution in [1.29, 1.82) is 0 Å². The number of morpholine rings is 1. The molecule has 0 spiro atoms. The minimum atomic E-state index is -0.191. The molecule has 0 radical (unpaired) electrons. The quantitative estimate of drug-likeness (QED) is 0.868. The normalized spacial score (nSPS) is 19.7. The molecule has 1 aromatic rings. The van der Waals surface area contributed by atoms with Crippen molar-refractivity contribution in [3.63, 3.8) is 0 Å². The van der Waals surface area contributed by atoms with Gasteiger partial charge in [0.05, 0.1) is 12.7 Å². The van der Waals surface area contributed by atoms with Crippen molar-refractivity contribution >= 4 is 28.3 Å². The van der Waals surface area contributed by atoms with Crippen molar-refractivity contribution in [1.82, 2.24) is 9.88 Å². The topological polar surface area (TPSA) is 71.5 Å². The summed E-state index contributed by atoms with van der Waals surface area (Å²) in [6, 6.07) is 0. The molecule has 2 amide bonds. The van der Waals surface area contributed by atoms with E-state index in [-0.39, 0.29) is 17.9 Å². The number of carbonyl (C=O) groups is 2. The van der Waals surface area contributed by atoms with Crippen molar-refractivity contribution in [2.75, 3.05) is 25.0 Å². The van der Waals surface area contributed by atoms with Gasteiger partial charge >= 0.3 is 0 Å². The molecule has 0 aliphatic carbocycles. The van der Waals surface area contributed by atoms with E-state index in [9.17, 15) is 9.59 Å². The lowest BCUT2D eigenvalue weighted by molar-refractivity contribution is -0.114. The summed E-state index contributed by atoms with van der Waals surface area (Å²) in [7, 11) is 0. The largest absolute Gasteiger partial charge is 0.375 e. The zero-order chi connectivity index (χ0) is 13.1. The van der Waals surface area contributed by atoms with Gasteiger partial charge in [-0.2, -0.15) is 0 Å². The van der Waals surface area contributed by atoms with Gasteiger partial charge in [0.25, 0.3) is 5.91 Å². The van der Waals surface area contributed by atoms with Crippen LogP contribution in [0.3, 0.4) is 0 Å². The van der Waals surface area contributed by atoms with Crippen LogP contribution >= 0.6 is 11.3 Å². The van der Waals surface area contributed by atoms with Gasteiger partial charge in [0, 0.05) is 25.4 Å². The van der Waals surface area contributed by atoms with Gasteiger partial charge in [-0.3, -0.25) is 9.59 Å². The number of amides is 2. The average molecular weight is 269 g/mol. The molecule has 0 aromatic carbocycles. The second-order valence-corrected chi connectivity index (χ2v) is 5.01. The first-order chi connectivity index (χ1) is 8.56. The lowest BCUT2D eigenvalue weighted by Gasteiger charge is -2.30. The molecular formula is C11H15N3O3S. The number of aromatic nitrogens is 1. The number of thiazole rings is 1. The molecular weight excluding hydrogens is 254 g/mol. The van der Waals surface area contributed by atoms with E-state index in [0.29, 0.717) is 30.5 Å². The van der Waals surface area contributed by atoms with E-state index in [0.717, 1.165) is 0 Å². The van der Waals surface area contributed by atoms with Crippen LogP contribution in [0, 0.1) is 0 Å². The van der Waals surface area contributed by atoms with Crippen LogP contribution in [-0.4, -0.2) is 47.5 Å². The molecule has 18 heavy (non-hydrogen) atoms. The van der Waals surface area contributed by atoms with E-state index in [1.54, 1.807) is 10.3 Å². The van der Waals surface area contributed by atoms with Gasteiger partial charge < -0.3 is 15.0 Å². The lowest BCUT2D eigenvalue weighted by atomic mass is 10.3. The van der Waals surface area contributed by atoms with Crippen LogP contribution in [0.1, 0.15) is 24.3 Å². The minimum Gasteiger partial charge on any atom is -0.375 e. The lowest BCUT2D eigenvalue weighted by Crippen LogP contribution is -2.44. The number of anilines is 1. The number of hydrogen-bond acceptors (Lipinski definition) is 5. The fraction of sp³-hybridized carbons (Fsp3) is 0.545. The van der Waals surface area contributed by atoms with Crippen molar-refractivity contribution in [3.05, 3.63) is 11.1 Å². The second kappa shape index (κ2) is 5.45. The highest BCUT2D eigenvalue weighted by atomic mass is 32.1. The fourth-order valence-corrected chi connectivity index (χ4v) is 2.48. The van der Waals surface area contributed by atoms with Crippen molar-refractivity contribution < 1.29 is 14.3 Å². The summed E-state index contributed by atoms with van der Waals surface area (Å²) >= 11 is 1.25. The van der Waals surface area contributed by atoms with Crippen LogP contribution in [0.15, 0.2) is 5.38 Å². The van der Waals surface area contributed by atoms with Crippen molar-refractivity contribution in [2.45, 2.75) is 20.0 Å². The molecule has 0 bridgehead atoms. The van der Waals surface area contributed by atoms with Crippen LogP contribution in [-0.2, 0) is 9.53 Å². The van der Waals surface area contributed by atoms with Crippen LogP contribution in [0.2, 0.25) is 0 Å². The SMILES string of the molecule is CC(=O)Nc1nc(C(=O)N2CCO[C@H](C)C2)cs1. The third-order valence-electron chi connectivity index (χ3n) is 2.53. The summed E-state index contributed by atoms with van der Waals surface area (Å²) < 4.78 is 5.38. The Labute approximate surface area is 109 Å². The number of ether oxygens (including phenoxy) is 1. The van der Waals surface area contributed by atoms with E-state index < -0.39 is 0 Å². The first-order valence-corrected chi connectivity index (χ1v) is 6.58. The van der Waals surface area contributed by atoms with E-state index in [1.165, 1.54) is 18.3 Å². The molecule has 7 heteroatoms. The molecule has 98 valence electrons. The van der Waals surface area contributed by atoms with E-state index >= 15 is 0 Å². The first kappa shape index (κ1) is 13.0. The maximum absolute atomic E-state index is 12.1. The zero-order valence-electron chi connectivity index (χ0n) is 10.3. The molecule has 6 nitrogen and oxygen atoms in total. The molecule has 2 rings (SSSR count). The number of nitrogens with one attached hydrogen (secondary N) is 1. The molecule has 1 fully saturated rings. The van der Waals surface area contributed by atoms with Crippen LogP contribution < -0.4 is 5.32 Å². The summed E-state index contributed by atoms with van der Waals surface area (Å²) in [6.45, 7) is 5.05. The third kappa shape index (κ3) is 3.05. The average Bonchev–Trinajstić information content (AvgIpc) is 2.75. The van der Waals surface area contributed by atoms with Gasteiger partial charge in [0.2, 0.25) is 5.91 Å². The number of carbonyl (C=O) groups excluding carboxylic acids is 2. The van der Waals surface area contributed by atoms with Crippen molar-refractivity contribution in [3.8, 4) is 0 Å². The van der Waals surface area contributed by atoms with Gasteiger partial charge in [-0.15, -0.1) is 11.3 Å². The van der Waals surface area contributed by atoms with Gasteiger partial charge in [-0.05, 0) is 6.92 Å². The molecule has 1 aliphatic rings. The Hall–Kier alpha value is -1.47. The first-order valence-electron chi connectivity index (χ1n) is 5.70. The highest BCUT2D eigenvalue weighted by Gasteiger charge is 2.24. The molecule has 0 unspecified atom stereocenters. The molecule has 1 saturated heterocycles. The Balaban J connectivity index is 2.04. The summed E-state index contributed by atoms with van der Waals surface area (Å²) in [5.74, 6) is -0.304. The monoisotopic (exact) mass is 269 g/mol. The van der Waals surface area contributed by atoms with Crippen LogP contribution in [0.4, 0.5) is 5.13 Å². The highest BCUT2D eigenvalue weighted by molar-refractivity contribution is 7.14. The molecule has 1 aromatic heterocycles. The van der Waals surface area contributed by atoms with E-state index in [2.05, 4.69) is 10.3 Å². The van der Waals surface area contributed by atoms with Gasteiger partial charge in [0.15, 0.2) is 5.13 Å². The number of hydrogen-bond donors (Lipinski definition) is 1. The zero-order valence-corrected chi connectivity index (χ0v) is 11.1. The number of rotatable bonds is 2. The number of nitrogens with zero attached hydrogens (tertiary/aromatic N) is 2. The third-order valence-corrected chi connectivity index (χ3v) is 3.29. The Morgan fingerprint density at radius 2 is 2.39 bits per heavy atom. The standard InChI is InChI=1S/C11H15N3O3S/c1-7-5-14(3-4-17-7)10(16)9-6-18-11(13-9)12-8(2)15/h6-7H,3-5H2,1-2H3,(H,12,13,15)/t7-/m1/s1. The maximum atomic E-state index is 12.1. The predicted molar refractivity (Wildman–Crippen MR) is 67.7 cm³/mol. The molecule has 1 atom stereocenters. The Kier molecular flexibility index (Phi) is 3.93. The Bertz CT molecular complexity index is 460. The summed E-state index contributed by atoms with van der Waals surface area (Å²) in [5.41, 5.74) is 0.373. The van der Waals surface area contributed by atoms with E-state index in [1.807, 2.05) is 6.92 Å². The van der Waals surface area contributed by atoms with Gasteiger partial charge in [-0.25, -0.2) is 4.98 Å². The highest BCUT2D eigenvalue weighted by Crippen LogP contribution is 2.17. The van der Waals surface area contributed by atoms with Crippen LogP contribution in [0.5, 0.6) is 0 Å². The summed E-state index contributed by atoms with van der Waals surface area (Å²) in [5, 5.41) is 4.68. The fourth-order valence-electron chi connectivity index (χ4n) is 1.74. The Morgan fingerprint density at radius 3 is 3.06 bits per heavy atom. The summed E-state index contributed by atoms with van der Waals surface area (Å²) in [6.07, 6.45) is 0.0520. The molecule has 0 saturated carbocycles. The van der Waals surface area contributed by atoms with Gasteiger partial charge in [0.1, 0.15) is 5.69 Å². The smallest absolute Gasteiger partial charge is 0.273 e. The molecule has 1 N–H and O–H groups in total. The Morgan fingerprint density at radius 1 is 1.61 bits per heavy atom. The maximum Gasteiger partial charge on any atom is 0.273 e. The minimum absolute atomic E-state index is 0.0520. The van der Waals surface area contributed by atoms with Crippen molar-refractivity contribution in [2.24, 2.45) is 0 Å². The van der Waals surface area contributed by atoms with E-state index in [4.69, 9.17) is 4.74 Å².